The summed E-state index contributed by atoms with van der Waals surface area (Å²) in [5.41, 5.74) is 6.97. The lowest BCUT2D eigenvalue weighted by Crippen LogP contribution is -2.11. The highest BCUT2D eigenvalue weighted by Crippen LogP contribution is 2.46. The monoisotopic (exact) mass is 1050 g/mol. The predicted molar refractivity (Wildman–Crippen MR) is 296 cm³/mol. The second kappa shape index (κ2) is 19.1. The van der Waals surface area contributed by atoms with E-state index in [4.69, 9.17) is 0 Å². The van der Waals surface area contributed by atoms with Crippen LogP contribution in [-0.4, -0.2) is 9.13 Å². The lowest BCUT2D eigenvalue weighted by molar-refractivity contribution is -0.143. The van der Waals surface area contributed by atoms with Gasteiger partial charge in [-0.1, -0.05) is 72.8 Å². The lowest BCUT2D eigenvalue weighted by Gasteiger charge is -2.21. The van der Waals surface area contributed by atoms with Gasteiger partial charge in [-0.2, -0.15) is 52.7 Å². The van der Waals surface area contributed by atoms with Gasteiger partial charge in [0.1, 0.15) is 6.07 Å². The normalized spacial score (nSPS) is 11.6. The highest BCUT2D eigenvalue weighted by molar-refractivity contribution is 6.14. The fraction of sp³-hybridized carbons (Fsp3) is 0.0299. The average Bonchev–Trinajstić information content (AvgIpc) is 4.08. The van der Waals surface area contributed by atoms with Crippen molar-refractivity contribution in [3.63, 3.8) is 0 Å². The second-order valence-corrected chi connectivity index (χ2v) is 19.1. The van der Waals surface area contributed by atoms with Crippen molar-refractivity contribution in [3.8, 4) is 97.4 Å². The third kappa shape index (κ3) is 8.66. The molecule has 378 valence electrons. The molecule has 0 aliphatic heterocycles. The molecular weight excluding hydrogens is 1020 g/mol. The first-order valence-electron chi connectivity index (χ1n) is 24.7. The summed E-state index contributed by atoms with van der Waals surface area (Å²) < 4.78 is 93.3. The van der Waals surface area contributed by atoms with E-state index in [1.807, 2.05) is 97.1 Å². The Morgan fingerprint density at radius 2 is 0.562 bits per heavy atom. The summed E-state index contributed by atoms with van der Waals surface area (Å²) in [6.45, 7) is 0. The number of alkyl halides is 6. The van der Waals surface area contributed by atoms with Gasteiger partial charge in [0.05, 0.1) is 96.7 Å². The number of fused-ring (bicyclic) bond motifs is 6. The molecule has 0 radical (unpaired) electrons. The van der Waals surface area contributed by atoms with Crippen LogP contribution in [0.4, 0.5) is 26.3 Å². The van der Waals surface area contributed by atoms with E-state index < -0.39 is 29.0 Å². The minimum absolute atomic E-state index is 0.0383. The van der Waals surface area contributed by atoms with Gasteiger partial charge in [0, 0.05) is 27.1 Å². The van der Waals surface area contributed by atoms with Crippen LogP contribution in [0.15, 0.2) is 200 Å². The van der Waals surface area contributed by atoms with Gasteiger partial charge in [0.15, 0.2) is 0 Å². The topological polar surface area (TPSA) is 129 Å². The Morgan fingerprint density at radius 3 is 0.838 bits per heavy atom. The maximum absolute atomic E-state index is 15.0. The summed E-state index contributed by atoms with van der Waals surface area (Å²) in [6, 6.07) is 65.9. The van der Waals surface area contributed by atoms with Gasteiger partial charge in [-0.05, 0) is 177 Å². The Labute approximate surface area is 452 Å². The SMILES string of the molecule is N#Cc1ccc(-c2ccc3c(c2)c2cc(-c4ccc(C#N)cc4)ccc2n3-c2cc(-c3cc(C(F)(F)F)cc(C(F)(F)F)c3)c(-n3c4ccc(-c5ccc(C#N)cc5)cc4c4cc(-c5ccc(C#N)cc5)ccc43)cc2C#N)cc1. The molecule has 0 aliphatic carbocycles. The Bertz CT molecular complexity index is 4500. The van der Waals surface area contributed by atoms with Crippen LogP contribution >= 0.6 is 0 Å². The van der Waals surface area contributed by atoms with Crippen molar-refractivity contribution < 1.29 is 26.3 Å². The molecule has 0 spiro atoms. The van der Waals surface area contributed by atoms with Gasteiger partial charge in [0.25, 0.3) is 0 Å². The third-order valence-electron chi connectivity index (χ3n) is 14.5. The first-order chi connectivity index (χ1) is 38.6. The molecule has 0 saturated carbocycles. The van der Waals surface area contributed by atoms with Crippen LogP contribution in [-0.2, 0) is 12.4 Å². The van der Waals surface area contributed by atoms with E-state index in [0.717, 1.165) is 44.5 Å². The molecule has 80 heavy (non-hydrogen) atoms. The first-order valence-corrected chi connectivity index (χ1v) is 24.7. The lowest BCUT2D eigenvalue weighted by atomic mass is 9.95. The summed E-state index contributed by atoms with van der Waals surface area (Å²) in [6.07, 6.45) is -10.4. The smallest absolute Gasteiger partial charge is 0.309 e. The van der Waals surface area contributed by atoms with Crippen LogP contribution in [0.1, 0.15) is 38.9 Å². The molecule has 0 unspecified atom stereocenters. The first kappa shape index (κ1) is 49.7. The molecule has 7 nitrogen and oxygen atoms in total. The number of aromatic nitrogens is 2. The maximum Gasteiger partial charge on any atom is 0.416 e. The van der Waals surface area contributed by atoms with Crippen LogP contribution in [0.2, 0.25) is 0 Å². The second-order valence-electron chi connectivity index (χ2n) is 19.1. The molecule has 2 aromatic heterocycles. The van der Waals surface area contributed by atoms with Crippen molar-refractivity contribution in [2.45, 2.75) is 12.4 Å². The summed E-state index contributed by atoms with van der Waals surface area (Å²) >= 11 is 0. The molecule has 12 aromatic rings. The van der Waals surface area contributed by atoms with E-state index >= 15 is 0 Å². The van der Waals surface area contributed by atoms with Crippen molar-refractivity contribution in [1.29, 1.82) is 26.3 Å². The minimum Gasteiger partial charge on any atom is -0.309 e. The average molecular weight is 1050 g/mol. The van der Waals surface area contributed by atoms with E-state index in [-0.39, 0.29) is 28.6 Å². The Kier molecular flexibility index (Phi) is 11.9. The molecule has 0 fully saturated rings. The zero-order valence-electron chi connectivity index (χ0n) is 41.5. The zero-order chi connectivity index (χ0) is 55.6. The summed E-state index contributed by atoms with van der Waals surface area (Å²) in [4.78, 5) is 0. The minimum atomic E-state index is -5.20. The van der Waals surface area contributed by atoms with Crippen molar-refractivity contribution in [1.82, 2.24) is 9.13 Å². The predicted octanol–water partition coefficient (Wildman–Crippen LogP) is 17.6. The molecule has 12 rings (SSSR count). The maximum atomic E-state index is 15.0. The van der Waals surface area contributed by atoms with Crippen molar-refractivity contribution in [2.24, 2.45) is 0 Å². The van der Waals surface area contributed by atoms with Gasteiger partial charge in [-0.15, -0.1) is 0 Å². The number of hydrogen-bond acceptors (Lipinski definition) is 5. The standard InChI is InChI=1S/C67H33F6N7/c68-66(69,70)53-25-51(26-54(32-53)67(71,72)73)55-33-64(79-60-21-17-47(43-9-1-39(34-74)2-10-43)27-56(60)57-28-48(18-22-61(57)79)44-11-3-40(35-75)4-12-44)52(38-78)31-65(55)80-62-23-19-49(45-13-5-41(36-76)6-14-45)29-58(62)59-30-50(20-24-63(59)80)46-15-7-42(37-77)8-16-46/h1-33H. The van der Waals surface area contributed by atoms with E-state index in [2.05, 4.69) is 30.3 Å². The number of benzene rings is 10. The Hall–Kier alpha value is -11.2. The molecule has 0 N–H and O–H groups in total. The molecule has 13 heteroatoms. The van der Waals surface area contributed by atoms with Crippen molar-refractivity contribution in [3.05, 3.63) is 239 Å². The van der Waals surface area contributed by atoms with Crippen LogP contribution < -0.4 is 0 Å². The molecule has 0 bridgehead atoms. The van der Waals surface area contributed by atoms with Gasteiger partial charge >= 0.3 is 12.4 Å². The van der Waals surface area contributed by atoms with Crippen molar-refractivity contribution >= 4 is 43.6 Å². The summed E-state index contributed by atoms with van der Waals surface area (Å²) in [7, 11) is 0. The fourth-order valence-electron chi connectivity index (χ4n) is 10.6. The van der Waals surface area contributed by atoms with Gasteiger partial charge in [-0.3, -0.25) is 0 Å². The molecular formula is C67H33F6N7. The zero-order valence-corrected chi connectivity index (χ0v) is 41.5. The number of hydrogen-bond donors (Lipinski definition) is 0. The molecule has 10 aromatic carbocycles. The molecule has 0 saturated heterocycles. The number of halogens is 6. The molecule has 0 amide bonds. The van der Waals surface area contributed by atoms with Gasteiger partial charge in [0.2, 0.25) is 0 Å². The van der Waals surface area contributed by atoms with Crippen molar-refractivity contribution in [2.75, 3.05) is 0 Å². The summed E-state index contributed by atoms with van der Waals surface area (Å²) in [5.74, 6) is 0. The molecule has 0 atom stereocenters. The van der Waals surface area contributed by atoms with E-state index in [9.17, 15) is 52.7 Å². The number of rotatable bonds is 7. The Morgan fingerprint density at radius 1 is 0.275 bits per heavy atom. The number of nitrogens with zero attached hydrogens (tertiary/aromatic N) is 7. The van der Waals surface area contributed by atoms with Gasteiger partial charge < -0.3 is 9.13 Å². The van der Waals surface area contributed by atoms with Crippen LogP contribution in [0, 0.1) is 56.7 Å². The molecule has 0 aliphatic rings. The van der Waals surface area contributed by atoms with Crippen LogP contribution in [0.25, 0.3) is 111 Å². The number of nitriles is 5. The molecule has 2 heterocycles. The van der Waals surface area contributed by atoms with E-state index in [0.29, 0.717) is 78.0 Å². The van der Waals surface area contributed by atoms with Crippen LogP contribution in [0.3, 0.4) is 0 Å². The quantitative estimate of drug-likeness (QED) is 0.147. The van der Waals surface area contributed by atoms with E-state index in [1.54, 1.807) is 81.9 Å². The summed E-state index contributed by atoms with van der Waals surface area (Å²) in [5, 5.41) is 52.3. The van der Waals surface area contributed by atoms with Crippen LogP contribution in [0.5, 0.6) is 0 Å². The van der Waals surface area contributed by atoms with Gasteiger partial charge in [-0.25, -0.2) is 0 Å². The largest absolute Gasteiger partial charge is 0.416 e. The third-order valence-corrected chi connectivity index (χ3v) is 14.5. The van der Waals surface area contributed by atoms with E-state index in [1.165, 1.54) is 12.1 Å². The Balaban J connectivity index is 1.18. The highest BCUT2D eigenvalue weighted by atomic mass is 19.4. The highest BCUT2D eigenvalue weighted by Gasteiger charge is 2.38. The fourth-order valence-corrected chi connectivity index (χ4v) is 10.6.